The monoisotopic (exact) mass is 421 g/mol. The van der Waals surface area contributed by atoms with Crippen molar-refractivity contribution in [3.05, 3.63) is 70.1 Å². The Morgan fingerprint density at radius 2 is 1.90 bits per heavy atom. The molecular weight excluding hydrogens is 394 g/mol. The Labute approximate surface area is 180 Å². The summed E-state index contributed by atoms with van der Waals surface area (Å²) in [6.07, 6.45) is 2.84. The first-order valence-corrected chi connectivity index (χ1v) is 11.0. The van der Waals surface area contributed by atoms with Crippen LogP contribution in [0.5, 0.6) is 0 Å². The van der Waals surface area contributed by atoms with Crippen LogP contribution >= 0.6 is 11.3 Å². The molecule has 0 spiro atoms. The summed E-state index contributed by atoms with van der Waals surface area (Å²) in [6, 6.07) is 16.2. The first-order valence-electron chi connectivity index (χ1n) is 10.1. The molecule has 0 amide bonds. The van der Waals surface area contributed by atoms with Crippen molar-refractivity contribution in [3.8, 4) is 11.1 Å². The second kappa shape index (κ2) is 8.22. The molecule has 0 atom stereocenters. The number of aryl methyl sites for hydroxylation is 1. The van der Waals surface area contributed by atoms with Crippen LogP contribution in [0.3, 0.4) is 0 Å². The van der Waals surface area contributed by atoms with Gasteiger partial charge in [0, 0.05) is 17.1 Å². The van der Waals surface area contributed by atoms with E-state index in [-0.39, 0.29) is 5.41 Å². The van der Waals surface area contributed by atoms with Crippen LogP contribution in [0.25, 0.3) is 11.1 Å². The highest BCUT2D eigenvalue weighted by Crippen LogP contribution is 2.44. The van der Waals surface area contributed by atoms with Crippen molar-refractivity contribution in [1.82, 2.24) is 5.43 Å². The van der Waals surface area contributed by atoms with Gasteiger partial charge in [0.25, 0.3) is 0 Å². The number of hydrogen-bond acceptors (Lipinski definition) is 5. The smallest absolute Gasteiger partial charge is 0.339 e. The summed E-state index contributed by atoms with van der Waals surface area (Å²) in [7, 11) is 0. The van der Waals surface area contributed by atoms with Crippen molar-refractivity contribution in [1.29, 1.82) is 0 Å². The van der Waals surface area contributed by atoms with Gasteiger partial charge in [-0.05, 0) is 59.1 Å². The SMILES string of the molecule is CC1(C)CCc2sc(Nc3ccc(-c4ccccc4CNN)cc3)c(C(=O)O)c2C1. The Bertz CT molecular complexity index is 1070. The lowest BCUT2D eigenvalue weighted by Crippen LogP contribution is -2.22. The molecule has 0 saturated heterocycles. The predicted octanol–water partition coefficient (Wildman–Crippen LogP) is 5.34. The Hall–Kier alpha value is -2.67. The van der Waals surface area contributed by atoms with Gasteiger partial charge >= 0.3 is 5.97 Å². The second-order valence-corrected chi connectivity index (χ2v) is 9.70. The quantitative estimate of drug-likeness (QED) is 0.319. The predicted molar refractivity (Wildman–Crippen MR) is 123 cm³/mol. The Kier molecular flexibility index (Phi) is 5.64. The molecule has 6 heteroatoms. The van der Waals surface area contributed by atoms with Crippen LogP contribution in [-0.4, -0.2) is 11.1 Å². The van der Waals surface area contributed by atoms with Crippen molar-refractivity contribution in [2.75, 3.05) is 5.32 Å². The Balaban J connectivity index is 1.62. The fraction of sp³-hybridized carbons (Fsp3) is 0.292. The lowest BCUT2D eigenvalue weighted by Gasteiger charge is -2.29. The third-order valence-corrected chi connectivity index (χ3v) is 6.96. The van der Waals surface area contributed by atoms with E-state index in [1.807, 2.05) is 24.3 Å². The molecule has 0 fully saturated rings. The second-order valence-electron chi connectivity index (χ2n) is 8.59. The fourth-order valence-electron chi connectivity index (χ4n) is 4.16. The standard InChI is InChI=1S/C24H27N3O2S/c1-24(2)12-11-20-19(13-24)21(23(28)29)22(30-20)27-17-9-7-15(8-10-17)18-6-4-3-5-16(18)14-26-25/h3-10,26-27H,11-14,25H2,1-2H3,(H,28,29). The third kappa shape index (κ3) is 4.12. The number of carboxylic acids is 1. The van der Waals surface area contributed by atoms with Crippen molar-refractivity contribution in [3.63, 3.8) is 0 Å². The van der Waals surface area contributed by atoms with Crippen molar-refractivity contribution < 1.29 is 9.90 Å². The number of anilines is 2. The number of fused-ring (bicyclic) bond motifs is 1. The van der Waals surface area contributed by atoms with Crippen LogP contribution in [0.2, 0.25) is 0 Å². The maximum atomic E-state index is 12.0. The molecule has 0 bridgehead atoms. The summed E-state index contributed by atoms with van der Waals surface area (Å²) in [5.41, 5.74) is 8.53. The summed E-state index contributed by atoms with van der Waals surface area (Å²) >= 11 is 1.58. The molecule has 0 saturated carbocycles. The highest BCUT2D eigenvalue weighted by Gasteiger charge is 2.32. The fourth-order valence-corrected chi connectivity index (χ4v) is 5.39. The van der Waals surface area contributed by atoms with Gasteiger partial charge < -0.3 is 10.4 Å². The molecule has 1 aliphatic carbocycles. The highest BCUT2D eigenvalue weighted by atomic mass is 32.1. The maximum Gasteiger partial charge on any atom is 0.339 e. The highest BCUT2D eigenvalue weighted by molar-refractivity contribution is 7.16. The number of thiophene rings is 1. The maximum absolute atomic E-state index is 12.0. The molecule has 30 heavy (non-hydrogen) atoms. The van der Waals surface area contributed by atoms with Crippen molar-refractivity contribution in [2.24, 2.45) is 11.3 Å². The van der Waals surface area contributed by atoms with Gasteiger partial charge in [-0.2, -0.15) is 0 Å². The normalized spacial score (nSPS) is 14.9. The molecule has 1 aliphatic rings. The average Bonchev–Trinajstić information content (AvgIpc) is 3.05. The number of carbonyl (C=O) groups is 1. The minimum absolute atomic E-state index is 0.142. The van der Waals surface area contributed by atoms with Gasteiger partial charge in [-0.1, -0.05) is 50.2 Å². The van der Waals surface area contributed by atoms with E-state index in [0.717, 1.165) is 52.2 Å². The topological polar surface area (TPSA) is 87.4 Å². The number of rotatable bonds is 6. The first kappa shape index (κ1) is 20.6. The molecule has 4 rings (SSSR count). The van der Waals surface area contributed by atoms with Crippen molar-refractivity contribution in [2.45, 2.75) is 39.7 Å². The number of carboxylic acid groups (broad SMARTS) is 1. The molecule has 1 aromatic heterocycles. The molecular formula is C24H27N3O2S. The molecule has 2 aromatic carbocycles. The van der Waals surface area contributed by atoms with Gasteiger partial charge in [0.15, 0.2) is 0 Å². The zero-order valence-electron chi connectivity index (χ0n) is 17.3. The summed E-state index contributed by atoms with van der Waals surface area (Å²) in [5.74, 6) is 4.65. The van der Waals surface area contributed by atoms with Gasteiger partial charge in [-0.3, -0.25) is 11.3 Å². The number of nitrogens with one attached hydrogen (secondary N) is 2. The summed E-state index contributed by atoms with van der Waals surface area (Å²) < 4.78 is 0. The average molecular weight is 422 g/mol. The molecule has 5 N–H and O–H groups in total. The molecule has 1 heterocycles. The number of nitrogens with two attached hydrogens (primary N) is 1. The van der Waals surface area contributed by atoms with E-state index in [1.165, 1.54) is 4.88 Å². The van der Waals surface area contributed by atoms with E-state index < -0.39 is 5.97 Å². The Morgan fingerprint density at radius 1 is 1.17 bits per heavy atom. The molecule has 0 aliphatic heterocycles. The van der Waals surface area contributed by atoms with E-state index >= 15 is 0 Å². The molecule has 0 radical (unpaired) electrons. The third-order valence-electron chi connectivity index (χ3n) is 5.75. The zero-order chi connectivity index (χ0) is 21.3. The van der Waals surface area contributed by atoms with Gasteiger partial charge in [-0.25, -0.2) is 4.79 Å². The van der Waals surface area contributed by atoms with E-state index in [0.29, 0.717) is 12.1 Å². The Morgan fingerprint density at radius 3 is 2.60 bits per heavy atom. The zero-order valence-corrected chi connectivity index (χ0v) is 18.1. The van der Waals surface area contributed by atoms with Crippen LogP contribution in [0, 0.1) is 5.41 Å². The lowest BCUT2D eigenvalue weighted by atomic mass is 9.76. The van der Waals surface area contributed by atoms with E-state index in [1.54, 1.807) is 11.3 Å². The van der Waals surface area contributed by atoms with Crippen LogP contribution in [-0.2, 0) is 19.4 Å². The molecule has 156 valence electrons. The van der Waals surface area contributed by atoms with E-state index in [2.05, 4.69) is 48.9 Å². The summed E-state index contributed by atoms with van der Waals surface area (Å²) in [5, 5.41) is 14.0. The number of benzene rings is 2. The van der Waals surface area contributed by atoms with Crippen LogP contribution < -0.4 is 16.6 Å². The summed E-state index contributed by atoms with van der Waals surface area (Å²) in [6.45, 7) is 5.02. The minimum Gasteiger partial charge on any atom is -0.478 e. The minimum atomic E-state index is -0.854. The van der Waals surface area contributed by atoms with E-state index in [9.17, 15) is 9.90 Å². The molecule has 5 nitrogen and oxygen atoms in total. The molecule has 3 aromatic rings. The number of hydrogen-bond donors (Lipinski definition) is 4. The van der Waals surface area contributed by atoms with E-state index in [4.69, 9.17) is 5.84 Å². The van der Waals surface area contributed by atoms with Crippen LogP contribution in [0.4, 0.5) is 10.7 Å². The first-order chi connectivity index (χ1) is 14.4. The number of hydrazine groups is 1. The lowest BCUT2D eigenvalue weighted by molar-refractivity contribution is 0.0696. The largest absolute Gasteiger partial charge is 0.478 e. The van der Waals surface area contributed by atoms with Gasteiger partial charge in [0.05, 0.1) is 5.56 Å². The van der Waals surface area contributed by atoms with Crippen LogP contribution in [0.15, 0.2) is 48.5 Å². The van der Waals surface area contributed by atoms with Gasteiger partial charge in [0.2, 0.25) is 0 Å². The van der Waals surface area contributed by atoms with Crippen LogP contribution in [0.1, 0.15) is 46.6 Å². The van der Waals surface area contributed by atoms with Gasteiger partial charge in [0.1, 0.15) is 5.00 Å². The van der Waals surface area contributed by atoms with Gasteiger partial charge in [-0.15, -0.1) is 11.3 Å². The summed E-state index contributed by atoms with van der Waals surface area (Å²) in [4.78, 5) is 13.2. The molecule has 0 unspecified atom stereocenters. The number of aromatic carboxylic acids is 1. The van der Waals surface area contributed by atoms with Crippen molar-refractivity contribution >= 4 is 28.0 Å².